The number of carbonyl (C=O) groups excluding carboxylic acids is 2. The molecule has 1 saturated carbocycles. The Balaban J connectivity index is 1.34. The molecular formula is C21H25ClN4O3S. The Kier molecular flexibility index (Phi) is 6.24. The Labute approximate surface area is 184 Å². The molecule has 1 aliphatic heterocycles. The van der Waals surface area contributed by atoms with Crippen molar-refractivity contribution in [3.8, 4) is 5.75 Å². The van der Waals surface area contributed by atoms with E-state index in [0.29, 0.717) is 51.3 Å². The van der Waals surface area contributed by atoms with Crippen molar-refractivity contribution in [2.45, 2.75) is 45.6 Å². The fourth-order valence-corrected chi connectivity index (χ4v) is 5.00. The third kappa shape index (κ3) is 4.75. The average molecular weight is 449 g/mol. The van der Waals surface area contributed by atoms with Crippen molar-refractivity contribution in [1.29, 1.82) is 0 Å². The normalized spacial score (nSPS) is 18.2. The number of amides is 2. The summed E-state index contributed by atoms with van der Waals surface area (Å²) in [7, 11) is 0. The van der Waals surface area contributed by atoms with Gasteiger partial charge in [0.1, 0.15) is 6.33 Å². The van der Waals surface area contributed by atoms with Crippen LogP contribution in [0.3, 0.4) is 0 Å². The second-order valence-electron chi connectivity index (χ2n) is 8.01. The Morgan fingerprint density at radius 3 is 2.33 bits per heavy atom. The van der Waals surface area contributed by atoms with Crippen LogP contribution in [0.25, 0.3) is 0 Å². The summed E-state index contributed by atoms with van der Waals surface area (Å²) >= 11 is 7.27. The molecule has 1 saturated heterocycles. The number of carbonyl (C=O) groups is 2. The second-order valence-corrected chi connectivity index (χ2v) is 9.72. The summed E-state index contributed by atoms with van der Waals surface area (Å²) in [6.07, 6.45) is 5.06. The molecule has 2 aliphatic rings. The third-order valence-electron chi connectivity index (χ3n) is 5.88. The molecule has 30 heavy (non-hydrogen) atoms. The highest BCUT2D eigenvalue weighted by molar-refractivity contribution is 7.18. The minimum atomic E-state index is -0.366. The molecule has 2 aromatic rings. The van der Waals surface area contributed by atoms with Crippen molar-refractivity contribution in [2.24, 2.45) is 11.8 Å². The predicted octanol–water partition coefficient (Wildman–Crippen LogP) is 4.23. The van der Waals surface area contributed by atoms with Gasteiger partial charge in [0.15, 0.2) is 5.75 Å². The minimum Gasteiger partial charge on any atom is -0.406 e. The van der Waals surface area contributed by atoms with Crippen LogP contribution in [0.2, 0.25) is 4.34 Å². The lowest BCUT2D eigenvalue weighted by molar-refractivity contribution is 0.0874. The molecule has 1 atom stereocenters. The maximum Gasteiger partial charge on any atom is 0.415 e. The van der Waals surface area contributed by atoms with Gasteiger partial charge in [0.05, 0.1) is 20.6 Å². The molecule has 0 spiro atoms. The Hall–Kier alpha value is -2.19. The van der Waals surface area contributed by atoms with Gasteiger partial charge in [0.2, 0.25) is 0 Å². The van der Waals surface area contributed by atoms with Crippen LogP contribution in [-0.4, -0.2) is 46.0 Å². The molecule has 2 fully saturated rings. The topological polar surface area (TPSA) is 84.4 Å². The molecule has 2 aromatic heterocycles. The number of hydrogen-bond acceptors (Lipinski definition) is 6. The van der Waals surface area contributed by atoms with Gasteiger partial charge in [-0.25, -0.2) is 14.8 Å². The van der Waals surface area contributed by atoms with Gasteiger partial charge in [-0.3, -0.25) is 4.79 Å². The molecule has 9 heteroatoms. The lowest BCUT2D eigenvalue weighted by Gasteiger charge is -2.36. The van der Waals surface area contributed by atoms with Crippen LogP contribution in [0.4, 0.5) is 4.79 Å². The van der Waals surface area contributed by atoms with Crippen molar-refractivity contribution < 1.29 is 14.3 Å². The molecule has 4 rings (SSSR count). The van der Waals surface area contributed by atoms with Crippen LogP contribution < -0.4 is 10.1 Å². The van der Waals surface area contributed by atoms with E-state index in [-0.39, 0.29) is 18.0 Å². The molecule has 160 valence electrons. The van der Waals surface area contributed by atoms with Crippen molar-refractivity contribution in [3.63, 3.8) is 0 Å². The second kappa shape index (κ2) is 8.89. The summed E-state index contributed by atoms with van der Waals surface area (Å²) in [6, 6.07) is 3.66. The number of hydrogen-bond donors (Lipinski definition) is 1. The van der Waals surface area contributed by atoms with Gasteiger partial charge in [-0.2, -0.15) is 0 Å². The number of aromatic nitrogens is 2. The lowest BCUT2D eigenvalue weighted by Crippen LogP contribution is -2.48. The fraction of sp³-hybridized carbons (Fsp3) is 0.524. The monoisotopic (exact) mass is 448 g/mol. The molecule has 0 bridgehead atoms. The largest absolute Gasteiger partial charge is 0.415 e. The summed E-state index contributed by atoms with van der Waals surface area (Å²) in [6.45, 7) is 4.82. The minimum absolute atomic E-state index is 0.0549. The van der Waals surface area contributed by atoms with Crippen molar-refractivity contribution in [1.82, 2.24) is 20.2 Å². The molecule has 1 N–H and O–H groups in total. The summed E-state index contributed by atoms with van der Waals surface area (Å²) in [5.41, 5.74) is 1.30. The Bertz CT molecular complexity index is 918. The fourth-order valence-electron chi connectivity index (χ4n) is 4.06. The number of likely N-dealkylation sites (tertiary alicyclic amines) is 1. The average Bonchev–Trinajstić information content (AvgIpc) is 3.48. The van der Waals surface area contributed by atoms with E-state index in [1.54, 1.807) is 30.9 Å². The van der Waals surface area contributed by atoms with Crippen LogP contribution in [0, 0.1) is 25.7 Å². The van der Waals surface area contributed by atoms with Gasteiger partial charge in [-0.1, -0.05) is 11.6 Å². The number of halogens is 1. The zero-order valence-corrected chi connectivity index (χ0v) is 18.6. The highest BCUT2D eigenvalue weighted by Gasteiger charge is 2.39. The van der Waals surface area contributed by atoms with Gasteiger partial charge in [0.25, 0.3) is 5.91 Å². The standard InChI is InChI=1S/C21H25ClN4O3S/c1-12-19(13(2)24-11-23-12)29-21(28)26-9-7-15(8-10-26)18(14-3-4-14)25-20(27)16-5-6-17(22)30-16/h5-6,11,14-15,18H,3-4,7-10H2,1-2H3,(H,25,27)/t18-/m0/s1. The molecule has 0 aromatic carbocycles. The van der Waals surface area contributed by atoms with Crippen LogP contribution in [0.1, 0.15) is 46.7 Å². The number of ether oxygens (including phenoxy) is 1. The van der Waals surface area contributed by atoms with E-state index in [9.17, 15) is 9.59 Å². The first kappa shape index (κ1) is 21.1. The van der Waals surface area contributed by atoms with E-state index in [1.807, 2.05) is 0 Å². The van der Waals surface area contributed by atoms with E-state index in [0.717, 1.165) is 25.7 Å². The summed E-state index contributed by atoms with van der Waals surface area (Å²) in [5, 5.41) is 3.24. The van der Waals surface area contributed by atoms with Crippen molar-refractivity contribution >= 4 is 34.9 Å². The first-order valence-electron chi connectivity index (χ1n) is 10.2. The summed E-state index contributed by atoms with van der Waals surface area (Å²) in [4.78, 5) is 35.8. The van der Waals surface area contributed by atoms with Crippen LogP contribution >= 0.6 is 22.9 Å². The van der Waals surface area contributed by atoms with E-state index in [1.165, 1.54) is 17.7 Å². The van der Waals surface area contributed by atoms with Crippen LogP contribution in [-0.2, 0) is 0 Å². The highest BCUT2D eigenvalue weighted by Crippen LogP contribution is 2.39. The zero-order valence-electron chi connectivity index (χ0n) is 17.1. The summed E-state index contributed by atoms with van der Waals surface area (Å²) < 4.78 is 6.19. The Morgan fingerprint density at radius 1 is 1.13 bits per heavy atom. The number of aryl methyl sites for hydroxylation is 2. The third-order valence-corrected chi connectivity index (χ3v) is 7.11. The number of nitrogens with zero attached hydrogens (tertiary/aromatic N) is 3. The van der Waals surface area contributed by atoms with Gasteiger partial charge in [-0.05, 0) is 63.5 Å². The molecule has 0 unspecified atom stereocenters. The molecule has 7 nitrogen and oxygen atoms in total. The smallest absolute Gasteiger partial charge is 0.406 e. The molecule has 0 radical (unpaired) electrons. The van der Waals surface area contributed by atoms with E-state index in [4.69, 9.17) is 16.3 Å². The van der Waals surface area contributed by atoms with Crippen molar-refractivity contribution in [2.75, 3.05) is 13.1 Å². The van der Waals surface area contributed by atoms with E-state index < -0.39 is 0 Å². The van der Waals surface area contributed by atoms with Crippen molar-refractivity contribution in [3.05, 3.63) is 39.1 Å². The number of rotatable bonds is 5. The number of piperidine rings is 1. The number of nitrogens with one attached hydrogen (secondary N) is 1. The molecular weight excluding hydrogens is 424 g/mol. The van der Waals surface area contributed by atoms with Gasteiger partial charge >= 0.3 is 6.09 Å². The maximum atomic E-state index is 12.6. The zero-order chi connectivity index (χ0) is 21.3. The molecule has 1 aliphatic carbocycles. The van der Waals surface area contributed by atoms with Gasteiger partial charge in [-0.15, -0.1) is 11.3 Å². The maximum absolute atomic E-state index is 12.6. The SMILES string of the molecule is Cc1ncnc(C)c1OC(=O)N1CCC([C@@H](NC(=O)c2ccc(Cl)s2)C2CC2)CC1. The van der Waals surface area contributed by atoms with Crippen LogP contribution in [0.5, 0.6) is 5.75 Å². The molecule has 3 heterocycles. The van der Waals surface area contributed by atoms with E-state index in [2.05, 4.69) is 15.3 Å². The lowest BCUT2D eigenvalue weighted by atomic mass is 9.86. The van der Waals surface area contributed by atoms with Crippen LogP contribution in [0.15, 0.2) is 18.5 Å². The Morgan fingerprint density at radius 2 is 1.77 bits per heavy atom. The molecule has 2 amide bonds. The first-order valence-corrected chi connectivity index (χ1v) is 11.4. The van der Waals surface area contributed by atoms with Gasteiger partial charge in [0, 0.05) is 19.1 Å². The van der Waals surface area contributed by atoms with E-state index >= 15 is 0 Å². The predicted molar refractivity (Wildman–Crippen MR) is 115 cm³/mol. The summed E-state index contributed by atoms with van der Waals surface area (Å²) in [5.74, 6) is 1.26. The first-order chi connectivity index (χ1) is 14.4. The highest BCUT2D eigenvalue weighted by atomic mass is 35.5. The number of thiophene rings is 1. The van der Waals surface area contributed by atoms with Gasteiger partial charge < -0.3 is 15.0 Å². The quantitative estimate of drug-likeness (QED) is 0.739.